The topological polar surface area (TPSA) is 23.6 Å². The molecule has 0 saturated carbocycles. The molecule has 1 heterocycles. The summed E-state index contributed by atoms with van der Waals surface area (Å²) in [5, 5.41) is 0.148. The molecule has 0 N–H and O–H groups in total. The fraction of sp³-hybridized carbons (Fsp3) is 0.350. The quantitative estimate of drug-likeness (QED) is 0.768. The van der Waals surface area contributed by atoms with Crippen LogP contribution in [0.5, 0.6) is 0 Å². The molecule has 2 aromatic rings. The van der Waals surface area contributed by atoms with Crippen LogP contribution in [0.2, 0.25) is 0 Å². The number of carbonyl (C=O) groups excluding carboxylic acids is 1. The van der Waals surface area contributed by atoms with Crippen molar-refractivity contribution in [3.63, 3.8) is 0 Å². The van der Waals surface area contributed by atoms with Crippen LogP contribution in [0.25, 0.3) is 0 Å². The van der Waals surface area contributed by atoms with E-state index < -0.39 is 11.6 Å². The molecule has 7 heteroatoms. The molecule has 0 aliphatic carbocycles. The zero-order valence-electron chi connectivity index (χ0n) is 15.2. The third-order valence-corrected chi connectivity index (χ3v) is 5.80. The van der Waals surface area contributed by atoms with Gasteiger partial charge in [-0.05, 0) is 48.4 Å². The molecule has 0 aromatic heterocycles. The Morgan fingerprint density at radius 2 is 1.81 bits per heavy atom. The van der Waals surface area contributed by atoms with Crippen LogP contribution in [0.15, 0.2) is 47.4 Å². The van der Waals surface area contributed by atoms with Crippen LogP contribution in [0, 0.1) is 17.5 Å². The summed E-state index contributed by atoms with van der Waals surface area (Å²) >= 11 is 1.60. The first-order valence-corrected chi connectivity index (χ1v) is 9.53. The molecule has 3 nitrogen and oxygen atoms in total. The van der Waals surface area contributed by atoms with Crippen molar-refractivity contribution in [3.05, 3.63) is 65.5 Å². The Labute approximate surface area is 161 Å². The summed E-state index contributed by atoms with van der Waals surface area (Å²) in [6.07, 6.45) is 0.642. The van der Waals surface area contributed by atoms with Gasteiger partial charge in [-0.25, -0.2) is 13.2 Å². The van der Waals surface area contributed by atoms with E-state index in [1.807, 2.05) is 4.90 Å². The highest BCUT2D eigenvalue weighted by Crippen LogP contribution is 2.34. The minimum atomic E-state index is -0.889. The number of carbonyl (C=O) groups is 1. The summed E-state index contributed by atoms with van der Waals surface area (Å²) in [6.45, 7) is 0.993. The molecule has 1 saturated heterocycles. The predicted molar refractivity (Wildman–Crippen MR) is 99.9 cm³/mol. The van der Waals surface area contributed by atoms with Gasteiger partial charge in [0.05, 0.1) is 6.04 Å². The third kappa shape index (κ3) is 4.84. The van der Waals surface area contributed by atoms with Crippen molar-refractivity contribution in [3.8, 4) is 0 Å². The van der Waals surface area contributed by atoms with Crippen LogP contribution >= 0.6 is 11.8 Å². The molecule has 0 radical (unpaired) electrons. The van der Waals surface area contributed by atoms with Gasteiger partial charge in [0, 0.05) is 37.3 Å². The van der Waals surface area contributed by atoms with E-state index >= 15 is 0 Å². The van der Waals surface area contributed by atoms with Gasteiger partial charge in [0.2, 0.25) is 5.91 Å². The molecule has 1 aliphatic heterocycles. The fourth-order valence-electron chi connectivity index (χ4n) is 3.25. The van der Waals surface area contributed by atoms with Gasteiger partial charge >= 0.3 is 0 Å². The number of likely N-dealkylation sites (tertiary alicyclic amines) is 1. The third-order valence-electron chi connectivity index (χ3n) is 4.58. The average molecular weight is 394 g/mol. The number of rotatable bonds is 5. The smallest absolute Gasteiger partial charge is 0.239 e. The van der Waals surface area contributed by atoms with Gasteiger partial charge in [0.25, 0.3) is 0 Å². The Balaban J connectivity index is 1.75. The van der Waals surface area contributed by atoms with Crippen molar-refractivity contribution in [2.45, 2.75) is 29.2 Å². The molecule has 3 rings (SSSR count). The molecular weight excluding hydrogens is 373 g/mol. The molecule has 144 valence electrons. The second kappa shape index (κ2) is 8.35. The van der Waals surface area contributed by atoms with Crippen molar-refractivity contribution in [2.24, 2.45) is 0 Å². The summed E-state index contributed by atoms with van der Waals surface area (Å²) in [4.78, 5) is 17.1. The van der Waals surface area contributed by atoms with E-state index in [9.17, 15) is 18.0 Å². The van der Waals surface area contributed by atoms with Crippen LogP contribution in [0.3, 0.4) is 0 Å². The number of hydrogen-bond acceptors (Lipinski definition) is 3. The Morgan fingerprint density at radius 3 is 2.44 bits per heavy atom. The second-order valence-corrected chi connectivity index (χ2v) is 8.23. The van der Waals surface area contributed by atoms with Gasteiger partial charge in [0.15, 0.2) is 11.6 Å². The summed E-state index contributed by atoms with van der Waals surface area (Å²) in [5.74, 6) is -2.07. The van der Waals surface area contributed by atoms with Crippen molar-refractivity contribution in [2.75, 3.05) is 20.6 Å². The van der Waals surface area contributed by atoms with Crippen molar-refractivity contribution in [1.29, 1.82) is 0 Å². The lowest BCUT2D eigenvalue weighted by Gasteiger charge is -2.26. The van der Waals surface area contributed by atoms with Gasteiger partial charge in [-0.2, -0.15) is 0 Å². The van der Waals surface area contributed by atoms with Crippen LogP contribution in [0.4, 0.5) is 13.2 Å². The van der Waals surface area contributed by atoms with E-state index in [4.69, 9.17) is 0 Å². The first kappa shape index (κ1) is 19.8. The van der Waals surface area contributed by atoms with Crippen molar-refractivity contribution >= 4 is 17.7 Å². The zero-order chi connectivity index (χ0) is 19.6. The monoisotopic (exact) mass is 394 g/mol. The summed E-state index contributed by atoms with van der Waals surface area (Å²) < 4.78 is 39.8. The van der Waals surface area contributed by atoms with Crippen LogP contribution in [-0.4, -0.2) is 47.6 Å². The highest BCUT2D eigenvalue weighted by atomic mass is 32.2. The lowest BCUT2D eigenvalue weighted by molar-refractivity contribution is -0.133. The first-order valence-electron chi connectivity index (χ1n) is 8.65. The summed E-state index contributed by atoms with van der Waals surface area (Å²) in [5.41, 5.74) is 0.623. The molecule has 0 bridgehead atoms. The van der Waals surface area contributed by atoms with Crippen LogP contribution in [-0.2, 0) is 11.3 Å². The van der Waals surface area contributed by atoms with Crippen LogP contribution < -0.4 is 0 Å². The van der Waals surface area contributed by atoms with Crippen molar-refractivity contribution < 1.29 is 18.0 Å². The summed E-state index contributed by atoms with van der Waals surface area (Å²) in [6, 6.07) is 9.77. The average Bonchev–Trinajstić information content (AvgIpc) is 3.01. The minimum absolute atomic E-state index is 0.0141. The Kier molecular flexibility index (Phi) is 6.11. The molecule has 1 amide bonds. The lowest BCUT2D eigenvalue weighted by atomic mass is 10.1. The Morgan fingerprint density at radius 1 is 1.11 bits per heavy atom. The van der Waals surface area contributed by atoms with Gasteiger partial charge in [-0.15, -0.1) is 11.8 Å². The van der Waals surface area contributed by atoms with Gasteiger partial charge in [-0.3, -0.25) is 9.69 Å². The number of amides is 1. The number of nitrogens with zero attached hydrogens (tertiary/aromatic N) is 2. The molecular formula is C20H21F3N2OS. The van der Waals surface area contributed by atoms with Gasteiger partial charge in [-0.1, -0.05) is 6.07 Å². The number of benzene rings is 2. The number of thioether (sulfide) groups is 1. The molecule has 2 atom stereocenters. The second-order valence-electron chi connectivity index (χ2n) is 6.86. The Bertz CT molecular complexity index is 813. The number of likely N-dealkylation sites (N-methyl/N-ethyl adjacent to an activating group) is 1. The highest BCUT2D eigenvalue weighted by Gasteiger charge is 2.37. The maximum atomic E-state index is 13.5. The summed E-state index contributed by atoms with van der Waals surface area (Å²) in [7, 11) is 3.41. The molecule has 0 spiro atoms. The van der Waals surface area contributed by atoms with Crippen molar-refractivity contribution in [1.82, 2.24) is 9.80 Å². The number of hydrogen-bond donors (Lipinski definition) is 0. The standard InChI is InChI=1S/C20H21F3N2OS/c1-24(2)20(26)19-10-16(27-15-6-4-14(21)5-7-15)12-25(19)11-13-3-8-17(22)18(23)9-13/h3-9,16,19H,10-12H2,1-2H3/t16-,19+/m1/s1. The van der Waals surface area contributed by atoms with E-state index in [2.05, 4.69) is 0 Å². The highest BCUT2D eigenvalue weighted by molar-refractivity contribution is 8.00. The molecule has 27 heavy (non-hydrogen) atoms. The SMILES string of the molecule is CN(C)C(=O)[C@@H]1C[C@@H](Sc2ccc(F)cc2)CN1Cc1ccc(F)c(F)c1. The largest absolute Gasteiger partial charge is 0.347 e. The molecule has 0 unspecified atom stereocenters. The molecule has 2 aromatic carbocycles. The Hall–Kier alpha value is -1.99. The van der Waals surface area contributed by atoms with E-state index in [0.717, 1.165) is 11.0 Å². The normalized spacial score (nSPS) is 20.0. The predicted octanol–water partition coefficient (Wildman–Crippen LogP) is 3.93. The lowest BCUT2D eigenvalue weighted by Crippen LogP contribution is -2.42. The maximum Gasteiger partial charge on any atom is 0.239 e. The van der Waals surface area contributed by atoms with Gasteiger partial charge < -0.3 is 4.90 Å². The van der Waals surface area contributed by atoms with Crippen LogP contribution in [0.1, 0.15) is 12.0 Å². The first-order chi connectivity index (χ1) is 12.8. The van der Waals surface area contributed by atoms with E-state index in [0.29, 0.717) is 25.1 Å². The van der Waals surface area contributed by atoms with E-state index in [-0.39, 0.29) is 23.0 Å². The fourth-order valence-corrected chi connectivity index (χ4v) is 4.48. The zero-order valence-corrected chi connectivity index (χ0v) is 16.0. The maximum absolute atomic E-state index is 13.5. The van der Waals surface area contributed by atoms with Gasteiger partial charge in [0.1, 0.15) is 5.82 Å². The number of halogens is 3. The molecule has 1 aliphatic rings. The molecule has 1 fully saturated rings. The van der Waals surface area contributed by atoms with E-state index in [1.54, 1.807) is 42.9 Å². The van der Waals surface area contributed by atoms with E-state index in [1.165, 1.54) is 24.3 Å². The minimum Gasteiger partial charge on any atom is -0.347 e.